The molecular formula is C25H36N6O3S. The number of amides is 3. The number of nitrogens with zero attached hydrogens (tertiary/aromatic N) is 3. The Bertz CT molecular complexity index is 930. The van der Waals surface area contributed by atoms with Gasteiger partial charge in [0, 0.05) is 44.0 Å². The van der Waals surface area contributed by atoms with Crippen molar-refractivity contribution < 1.29 is 14.4 Å². The van der Waals surface area contributed by atoms with E-state index in [-0.39, 0.29) is 17.7 Å². The number of anilines is 2. The molecule has 0 bridgehead atoms. The molecule has 1 aromatic rings. The Morgan fingerprint density at radius 2 is 1.94 bits per heavy atom. The second kappa shape index (κ2) is 13.4. The van der Waals surface area contributed by atoms with Gasteiger partial charge in [-0.3, -0.25) is 14.4 Å². The van der Waals surface area contributed by atoms with E-state index in [1.165, 1.54) is 31.0 Å². The van der Waals surface area contributed by atoms with Gasteiger partial charge in [0.25, 0.3) is 0 Å². The molecule has 3 N–H and O–H groups in total. The van der Waals surface area contributed by atoms with Gasteiger partial charge in [-0.25, -0.2) is 0 Å². The highest BCUT2D eigenvalue weighted by Crippen LogP contribution is 2.36. The summed E-state index contributed by atoms with van der Waals surface area (Å²) in [7, 11) is 0. The Balaban J connectivity index is 1.53. The van der Waals surface area contributed by atoms with Crippen molar-refractivity contribution in [2.75, 3.05) is 49.9 Å². The first-order valence-electron chi connectivity index (χ1n) is 12.5. The average molecular weight is 501 g/mol. The quantitative estimate of drug-likeness (QED) is 0.427. The molecule has 3 amide bonds. The van der Waals surface area contributed by atoms with Crippen molar-refractivity contribution >= 4 is 40.9 Å². The second-order valence-electron chi connectivity index (χ2n) is 8.80. The average Bonchev–Trinajstić information content (AvgIpc) is 3.17. The lowest BCUT2D eigenvalue weighted by molar-refractivity contribution is -0.131. The summed E-state index contributed by atoms with van der Waals surface area (Å²) in [6.07, 6.45) is 4.15. The van der Waals surface area contributed by atoms with Crippen molar-refractivity contribution in [3.63, 3.8) is 0 Å². The highest BCUT2D eigenvalue weighted by molar-refractivity contribution is 8.01. The molecule has 2 unspecified atom stereocenters. The minimum Gasteiger partial charge on any atom is -0.383 e. The minimum atomic E-state index is -0.919. The van der Waals surface area contributed by atoms with Crippen LogP contribution in [-0.4, -0.2) is 77.4 Å². The maximum atomic E-state index is 12.9. The molecule has 190 valence electrons. The van der Waals surface area contributed by atoms with E-state index in [1.807, 2.05) is 31.2 Å². The van der Waals surface area contributed by atoms with Gasteiger partial charge in [-0.15, -0.1) is 11.8 Å². The van der Waals surface area contributed by atoms with Crippen LogP contribution in [0.1, 0.15) is 39.5 Å². The third kappa shape index (κ3) is 7.36. The summed E-state index contributed by atoms with van der Waals surface area (Å²) in [6.45, 7) is 7.79. The Labute approximate surface area is 212 Å². The summed E-state index contributed by atoms with van der Waals surface area (Å²) in [6, 6.07) is 9.51. The van der Waals surface area contributed by atoms with E-state index in [0.29, 0.717) is 31.7 Å². The van der Waals surface area contributed by atoms with Crippen LogP contribution >= 0.6 is 11.8 Å². The fourth-order valence-corrected chi connectivity index (χ4v) is 5.97. The topological polar surface area (TPSA) is 118 Å². The van der Waals surface area contributed by atoms with E-state index < -0.39 is 16.5 Å². The first kappa shape index (κ1) is 26.8. The van der Waals surface area contributed by atoms with Crippen molar-refractivity contribution in [3.05, 3.63) is 24.3 Å². The molecule has 1 aromatic carbocycles. The van der Waals surface area contributed by atoms with Crippen molar-refractivity contribution in [1.29, 1.82) is 5.26 Å². The Morgan fingerprint density at radius 3 is 2.63 bits per heavy atom. The molecule has 2 aliphatic rings. The van der Waals surface area contributed by atoms with Gasteiger partial charge in [0.2, 0.25) is 17.7 Å². The van der Waals surface area contributed by atoms with E-state index in [1.54, 1.807) is 11.8 Å². The first-order chi connectivity index (χ1) is 17.0. The number of piperidine rings is 1. The SMILES string of the molecule is CCNC(=O)[C@@H](C#N)C1SC(CNc2cccc(NC(=O)CCN3CCCCC3)c2)C(=O)N1CC. The van der Waals surface area contributed by atoms with Crippen LogP contribution < -0.4 is 16.0 Å². The van der Waals surface area contributed by atoms with E-state index in [0.717, 1.165) is 25.3 Å². The molecule has 2 saturated heterocycles. The molecule has 3 rings (SSSR count). The van der Waals surface area contributed by atoms with Crippen molar-refractivity contribution in [3.8, 4) is 6.07 Å². The predicted molar refractivity (Wildman–Crippen MR) is 139 cm³/mol. The molecule has 2 aliphatic heterocycles. The molecule has 0 spiro atoms. The number of benzene rings is 1. The number of rotatable bonds is 11. The maximum absolute atomic E-state index is 12.9. The highest BCUT2D eigenvalue weighted by Gasteiger charge is 2.45. The largest absolute Gasteiger partial charge is 0.383 e. The van der Waals surface area contributed by atoms with E-state index in [4.69, 9.17) is 0 Å². The summed E-state index contributed by atoms with van der Waals surface area (Å²) < 4.78 is 0. The van der Waals surface area contributed by atoms with Crippen molar-refractivity contribution in [2.45, 2.75) is 50.2 Å². The molecule has 2 heterocycles. The van der Waals surface area contributed by atoms with Crippen molar-refractivity contribution in [2.24, 2.45) is 5.92 Å². The molecule has 0 radical (unpaired) electrons. The molecule has 3 atom stereocenters. The van der Waals surface area contributed by atoms with Gasteiger partial charge in [-0.1, -0.05) is 12.5 Å². The molecular weight excluding hydrogens is 464 g/mol. The molecule has 10 heteroatoms. The number of nitrogens with one attached hydrogen (secondary N) is 3. The number of likely N-dealkylation sites (tertiary alicyclic amines) is 1. The van der Waals surface area contributed by atoms with Crippen LogP contribution in [0.15, 0.2) is 24.3 Å². The normalized spacial score (nSPS) is 21.3. The van der Waals surface area contributed by atoms with E-state index in [9.17, 15) is 19.6 Å². The zero-order chi connectivity index (χ0) is 25.2. The van der Waals surface area contributed by atoms with Crippen LogP contribution in [0, 0.1) is 17.2 Å². The highest BCUT2D eigenvalue weighted by atomic mass is 32.2. The van der Waals surface area contributed by atoms with Crippen LogP contribution in [0.2, 0.25) is 0 Å². The van der Waals surface area contributed by atoms with E-state index >= 15 is 0 Å². The Morgan fingerprint density at radius 1 is 1.20 bits per heavy atom. The fraction of sp³-hybridized carbons (Fsp3) is 0.600. The molecule has 0 aromatic heterocycles. The number of hydrogen-bond acceptors (Lipinski definition) is 7. The number of thioether (sulfide) groups is 1. The monoisotopic (exact) mass is 500 g/mol. The number of carbonyl (C=O) groups excluding carboxylic acids is 3. The van der Waals surface area contributed by atoms with Gasteiger partial charge in [0.15, 0.2) is 5.92 Å². The molecule has 0 aliphatic carbocycles. The minimum absolute atomic E-state index is 0.0106. The smallest absolute Gasteiger partial charge is 0.240 e. The zero-order valence-corrected chi connectivity index (χ0v) is 21.4. The number of hydrogen-bond donors (Lipinski definition) is 3. The Kier molecular flexibility index (Phi) is 10.2. The molecule has 0 saturated carbocycles. The van der Waals surface area contributed by atoms with Gasteiger partial charge in [0.05, 0.1) is 6.07 Å². The molecule has 35 heavy (non-hydrogen) atoms. The second-order valence-corrected chi connectivity index (χ2v) is 10.1. The van der Waals surface area contributed by atoms with Crippen LogP contribution in [0.4, 0.5) is 11.4 Å². The van der Waals surface area contributed by atoms with Crippen LogP contribution in [-0.2, 0) is 14.4 Å². The molecule has 9 nitrogen and oxygen atoms in total. The van der Waals surface area contributed by atoms with Crippen LogP contribution in [0.5, 0.6) is 0 Å². The summed E-state index contributed by atoms with van der Waals surface area (Å²) in [5.74, 6) is -1.36. The Hall–Kier alpha value is -2.77. The number of carbonyl (C=O) groups is 3. The van der Waals surface area contributed by atoms with Gasteiger partial charge in [0.1, 0.15) is 10.6 Å². The third-order valence-corrected chi connectivity index (χ3v) is 7.81. The maximum Gasteiger partial charge on any atom is 0.240 e. The van der Waals surface area contributed by atoms with Crippen LogP contribution in [0.3, 0.4) is 0 Å². The fourth-order valence-electron chi connectivity index (χ4n) is 4.46. The van der Waals surface area contributed by atoms with E-state index in [2.05, 4.69) is 26.9 Å². The molecule has 2 fully saturated rings. The van der Waals surface area contributed by atoms with Crippen LogP contribution in [0.25, 0.3) is 0 Å². The summed E-state index contributed by atoms with van der Waals surface area (Å²) in [4.78, 5) is 41.6. The van der Waals surface area contributed by atoms with Gasteiger partial charge >= 0.3 is 0 Å². The van der Waals surface area contributed by atoms with Gasteiger partial charge in [-0.2, -0.15) is 5.26 Å². The van der Waals surface area contributed by atoms with Crippen molar-refractivity contribution in [1.82, 2.24) is 15.1 Å². The summed E-state index contributed by atoms with van der Waals surface area (Å²) in [5.41, 5.74) is 1.50. The lowest BCUT2D eigenvalue weighted by atomic mass is 10.1. The first-order valence-corrected chi connectivity index (χ1v) is 13.4. The summed E-state index contributed by atoms with van der Waals surface area (Å²) >= 11 is 1.35. The van der Waals surface area contributed by atoms with Gasteiger partial charge < -0.3 is 25.8 Å². The lowest BCUT2D eigenvalue weighted by Gasteiger charge is -2.25. The van der Waals surface area contributed by atoms with Gasteiger partial charge in [-0.05, 0) is 58.0 Å². The standard InChI is InChI=1S/C25H36N6O3S/c1-3-27-23(33)20(16-26)25-31(4-2)24(34)21(35-25)17-28-18-9-8-10-19(15-18)29-22(32)11-14-30-12-6-5-7-13-30/h8-10,15,20-21,25,28H,3-7,11-14,17H2,1-2H3,(H,27,33)(H,29,32)/t20-,21?,25?/m1/s1. The number of nitriles is 1. The lowest BCUT2D eigenvalue weighted by Crippen LogP contribution is -2.44. The summed E-state index contributed by atoms with van der Waals surface area (Å²) in [5, 5.41) is 17.6. The predicted octanol–water partition coefficient (Wildman–Crippen LogP) is 2.48. The zero-order valence-electron chi connectivity index (χ0n) is 20.6. The third-order valence-electron chi connectivity index (χ3n) is 6.31.